The predicted molar refractivity (Wildman–Crippen MR) is 98.0 cm³/mol. The van der Waals surface area contributed by atoms with Crippen LogP contribution >= 0.6 is 0 Å². The van der Waals surface area contributed by atoms with E-state index in [9.17, 15) is 4.39 Å². The molecule has 0 aromatic heterocycles. The molecule has 0 spiro atoms. The monoisotopic (exact) mass is 334 g/mol. The summed E-state index contributed by atoms with van der Waals surface area (Å²) in [5, 5.41) is 4.23. The maximum Gasteiger partial charge on any atom is 0.123 e. The normalized spacial score (nSPS) is 10.8. The fourth-order valence-electron chi connectivity index (χ4n) is 2.28. The Kier molecular flexibility index (Phi) is 5.77. The van der Waals surface area contributed by atoms with E-state index in [2.05, 4.69) is 10.5 Å². The van der Waals surface area contributed by atoms with E-state index < -0.39 is 0 Å². The van der Waals surface area contributed by atoms with Gasteiger partial charge in [-0.25, -0.2) is 4.39 Å². The summed E-state index contributed by atoms with van der Waals surface area (Å²) in [6, 6.07) is 24.1. The SMILES string of the molecule is Fc1ccc(COc2cccc(C=NNCc3ccccc3)c2)cc1. The largest absolute Gasteiger partial charge is 0.489 e. The van der Waals surface area contributed by atoms with Crippen LogP contribution in [0.1, 0.15) is 16.7 Å². The molecule has 0 heterocycles. The van der Waals surface area contributed by atoms with E-state index >= 15 is 0 Å². The third-order valence-electron chi connectivity index (χ3n) is 3.61. The lowest BCUT2D eigenvalue weighted by Gasteiger charge is -2.07. The zero-order chi connectivity index (χ0) is 17.3. The minimum atomic E-state index is -0.245. The molecule has 3 aromatic rings. The molecule has 0 atom stereocenters. The molecule has 0 aliphatic rings. The number of halogens is 1. The van der Waals surface area contributed by atoms with Crippen molar-refractivity contribution in [2.24, 2.45) is 5.10 Å². The van der Waals surface area contributed by atoms with Crippen LogP contribution in [-0.2, 0) is 13.2 Å². The van der Waals surface area contributed by atoms with Crippen molar-refractivity contribution in [1.29, 1.82) is 0 Å². The maximum absolute atomic E-state index is 12.9. The van der Waals surface area contributed by atoms with Gasteiger partial charge in [0.25, 0.3) is 0 Å². The molecule has 126 valence electrons. The van der Waals surface area contributed by atoms with Crippen LogP contribution in [0, 0.1) is 5.82 Å². The maximum atomic E-state index is 12.9. The van der Waals surface area contributed by atoms with Gasteiger partial charge >= 0.3 is 0 Å². The molecular formula is C21H19FN2O. The van der Waals surface area contributed by atoms with Crippen LogP contribution in [-0.4, -0.2) is 6.21 Å². The molecule has 0 saturated heterocycles. The van der Waals surface area contributed by atoms with E-state index in [1.54, 1.807) is 18.3 Å². The molecule has 0 aliphatic carbocycles. The molecular weight excluding hydrogens is 315 g/mol. The standard InChI is InChI=1S/C21H19FN2O/c22-20-11-9-18(10-12-20)16-25-21-8-4-7-19(13-21)15-24-23-14-17-5-2-1-3-6-17/h1-13,15,23H,14,16H2. The number of hydrogen-bond donors (Lipinski definition) is 1. The number of hydrazone groups is 1. The van der Waals surface area contributed by atoms with Gasteiger partial charge in [0.2, 0.25) is 0 Å². The summed E-state index contributed by atoms with van der Waals surface area (Å²) in [6.07, 6.45) is 1.76. The average molecular weight is 334 g/mol. The minimum Gasteiger partial charge on any atom is -0.489 e. The number of ether oxygens (including phenoxy) is 1. The molecule has 3 nitrogen and oxygen atoms in total. The van der Waals surface area contributed by atoms with E-state index in [0.717, 1.165) is 16.9 Å². The number of nitrogens with one attached hydrogen (secondary N) is 1. The van der Waals surface area contributed by atoms with E-state index in [1.165, 1.54) is 17.7 Å². The Balaban J connectivity index is 1.52. The van der Waals surface area contributed by atoms with Gasteiger partial charge in [0.05, 0.1) is 12.8 Å². The first-order valence-corrected chi connectivity index (χ1v) is 8.07. The highest BCUT2D eigenvalue weighted by Crippen LogP contribution is 2.14. The Labute approximate surface area is 146 Å². The summed E-state index contributed by atoms with van der Waals surface area (Å²) in [5.41, 5.74) is 6.07. The second-order valence-electron chi connectivity index (χ2n) is 5.57. The van der Waals surface area contributed by atoms with Crippen molar-refractivity contribution >= 4 is 6.21 Å². The van der Waals surface area contributed by atoms with Gasteiger partial charge in [-0.2, -0.15) is 5.10 Å². The Morgan fingerprint density at radius 1 is 0.880 bits per heavy atom. The van der Waals surface area contributed by atoms with Crippen LogP contribution in [0.15, 0.2) is 84.0 Å². The first kappa shape index (κ1) is 16.7. The van der Waals surface area contributed by atoms with Crippen LogP contribution in [0.3, 0.4) is 0 Å². The molecule has 0 amide bonds. The molecule has 25 heavy (non-hydrogen) atoms. The van der Waals surface area contributed by atoms with Crippen molar-refractivity contribution in [1.82, 2.24) is 5.43 Å². The number of hydrogen-bond acceptors (Lipinski definition) is 3. The van der Waals surface area contributed by atoms with Gasteiger partial charge in [0, 0.05) is 0 Å². The van der Waals surface area contributed by atoms with Crippen molar-refractivity contribution in [3.8, 4) is 5.75 Å². The Bertz CT molecular complexity index is 817. The summed E-state index contributed by atoms with van der Waals surface area (Å²) in [5.74, 6) is 0.501. The third-order valence-corrected chi connectivity index (χ3v) is 3.61. The van der Waals surface area contributed by atoms with Crippen LogP contribution in [0.5, 0.6) is 5.75 Å². The third kappa shape index (κ3) is 5.46. The van der Waals surface area contributed by atoms with Crippen molar-refractivity contribution in [2.45, 2.75) is 13.2 Å². The second kappa shape index (κ2) is 8.64. The fourth-order valence-corrected chi connectivity index (χ4v) is 2.28. The minimum absolute atomic E-state index is 0.245. The number of rotatable bonds is 7. The van der Waals surface area contributed by atoms with Crippen molar-refractivity contribution in [2.75, 3.05) is 0 Å². The number of benzene rings is 3. The van der Waals surface area contributed by atoms with Gasteiger partial charge < -0.3 is 10.2 Å². The summed E-state index contributed by atoms with van der Waals surface area (Å²) in [4.78, 5) is 0. The molecule has 4 heteroatoms. The lowest BCUT2D eigenvalue weighted by Crippen LogP contribution is -2.05. The van der Waals surface area contributed by atoms with Gasteiger partial charge in [-0.15, -0.1) is 0 Å². The fraction of sp³-hybridized carbons (Fsp3) is 0.0952. The topological polar surface area (TPSA) is 33.6 Å². The van der Waals surface area contributed by atoms with Crippen LogP contribution < -0.4 is 10.2 Å². The van der Waals surface area contributed by atoms with Gasteiger partial charge in [-0.1, -0.05) is 54.6 Å². The van der Waals surface area contributed by atoms with Crippen LogP contribution in [0.2, 0.25) is 0 Å². The highest BCUT2D eigenvalue weighted by atomic mass is 19.1. The van der Waals surface area contributed by atoms with Gasteiger partial charge in [0.1, 0.15) is 18.2 Å². The average Bonchev–Trinajstić information content (AvgIpc) is 2.66. The zero-order valence-corrected chi connectivity index (χ0v) is 13.7. The van der Waals surface area contributed by atoms with Gasteiger partial charge in [-0.3, -0.25) is 0 Å². The molecule has 1 N–H and O–H groups in total. The molecule has 0 unspecified atom stereocenters. The molecule has 0 fully saturated rings. The number of nitrogens with zero attached hydrogens (tertiary/aromatic N) is 1. The van der Waals surface area contributed by atoms with Crippen LogP contribution in [0.4, 0.5) is 4.39 Å². The van der Waals surface area contributed by atoms with E-state index in [0.29, 0.717) is 13.2 Å². The molecule has 3 aromatic carbocycles. The summed E-state index contributed by atoms with van der Waals surface area (Å²) in [6.45, 7) is 1.07. The van der Waals surface area contributed by atoms with E-state index in [1.807, 2.05) is 54.6 Å². The highest BCUT2D eigenvalue weighted by Gasteiger charge is 1.98. The molecule has 3 rings (SSSR count). The Morgan fingerprint density at radius 2 is 1.68 bits per heavy atom. The summed E-state index contributed by atoms with van der Waals surface area (Å²) < 4.78 is 18.6. The molecule has 0 radical (unpaired) electrons. The zero-order valence-electron chi connectivity index (χ0n) is 13.7. The predicted octanol–water partition coefficient (Wildman–Crippen LogP) is 4.53. The lowest BCUT2D eigenvalue weighted by atomic mass is 10.2. The highest BCUT2D eigenvalue weighted by molar-refractivity contribution is 5.79. The smallest absolute Gasteiger partial charge is 0.123 e. The van der Waals surface area contributed by atoms with Crippen LogP contribution in [0.25, 0.3) is 0 Å². The first-order chi connectivity index (χ1) is 12.3. The summed E-state index contributed by atoms with van der Waals surface area (Å²) in [7, 11) is 0. The van der Waals surface area contributed by atoms with Crippen molar-refractivity contribution in [3.05, 3.63) is 101 Å². The van der Waals surface area contributed by atoms with E-state index in [-0.39, 0.29) is 5.82 Å². The second-order valence-corrected chi connectivity index (χ2v) is 5.57. The lowest BCUT2D eigenvalue weighted by molar-refractivity contribution is 0.306. The van der Waals surface area contributed by atoms with Crippen molar-refractivity contribution < 1.29 is 9.13 Å². The first-order valence-electron chi connectivity index (χ1n) is 8.07. The molecule has 0 bridgehead atoms. The molecule has 0 saturated carbocycles. The Hall–Kier alpha value is -3.14. The quantitative estimate of drug-likeness (QED) is 0.509. The molecule has 0 aliphatic heterocycles. The van der Waals surface area contributed by atoms with Crippen molar-refractivity contribution in [3.63, 3.8) is 0 Å². The van der Waals surface area contributed by atoms with Gasteiger partial charge in [-0.05, 0) is 41.0 Å². The van der Waals surface area contributed by atoms with E-state index in [4.69, 9.17) is 4.74 Å². The van der Waals surface area contributed by atoms with Gasteiger partial charge in [0.15, 0.2) is 0 Å². The Morgan fingerprint density at radius 3 is 2.48 bits per heavy atom. The summed E-state index contributed by atoms with van der Waals surface area (Å²) >= 11 is 0.